The minimum atomic E-state index is -4.34. The van der Waals surface area contributed by atoms with Crippen LogP contribution in [0.5, 0.6) is 5.75 Å². The number of rotatable bonds is 5. The van der Waals surface area contributed by atoms with Crippen LogP contribution in [0, 0.1) is 11.8 Å². The second kappa shape index (κ2) is 7.13. The molecule has 2 rings (SSSR count). The van der Waals surface area contributed by atoms with Crippen molar-refractivity contribution in [2.24, 2.45) is 11.8 Å². The summed E-state index contributed by atoms with van der Waals surface area (Å²) in [6, 6.07) is 4.61. The quantitative estimate of drug-likeness (QED) is 0.908. The number of hydrogen-bond donors (Lipinski definition) is 1. The van der Waals surface area contributed by atoms with Gasteiger partial charge in [-0.2, -0.15) is 13.2 Å². The first kappa shape index (κ1) is 16.1. The summed E-state index contributed by atoms with van der Waals surface area (Å²) in [4.78, 5) is 0. The third-order valence-electron chi connectivity index (χ3n) is 3.81. The van der Waals surface area contributed by atoms with Gasteiger partial charge in [0.25, 0.3) is 0 Å². The summed E-state index contributed by atoms with van der Waals surface area (Å²) in [5.74, 6) is 0.697. The Morgan fingerprint density at radius 3 is 2.33 bits per heavy atom. The van der Waals surface area contributed by atoms with Gasteiger partial charge in [-0.15, -0.1) is 0 Å². The molecule has 1 atom stereocenters. The van der Waals surface area contributed by atoms with Crippen LogP contribution < -0.4 is 4.74 Å². The minimum Gasteiger partial charge on any atom is -0.493 e. The summed E-state index contributed by atoms with van der Waals surface area (Å²) >= 11 is 0. The first-order chi connectivity index (χ1) is 10.0. The van der Waals surface area contributed by atoms with Gasteiger partial charge in [-0.25, -0.2) is 0 Å². The summed E-state index contributed by atoms with van der Waals surface area (Å²) in [6.07, 6.45) is -2.59. The lowest BCUT2D eigenvalue weighted by molar-refractivity contribution is -0.137. The summed E-state index contributed by atoms with van der Waals surface area (Å²) < 4.78 is 48.1. The number of halogens is 3. The Labute approximate surface area is 121 Å². The van der Waals surface area contributed by atoms with Crippen molar-refractivity contribution in [3.63, 3.8) is 0 Å². The molecule has 0 aliphatic carbocycles. The Bertz CT molecular complexity index is 425. The Hall–Kier alpha value is -1.27. The van der Waals surface area contributed by atoms with Crippen molar-refractivity contribution in [3.05, 3.63) is 29.8 Å². The van der Waals surface area contributed by atoms with E-state index in [9.17, 15) is 18.3 Å². The van der Waals surface area contributed by atoms with Crippen molar-refractivity contribution in [1.82, 2.24) is 0 Å². The maximum Gasteiger partial charge on any atom is 0.416 e. The van der Waals surface area contributed by atoms with Gasteiger partial charge >= 0.3 is 6.18 Å². The normalized spacial score (nSPS) is 18.5. The molecule has 1 saturated heterocycles. The molecule has 6 heteroatoms. The van der Waals surface area contributed by atoms with Crippen LogP contribution in [0.2, 0.25) is 0 Å². The fraction of sp³-hybridized carbons (Fsp3) is 0.600. The highest BCUT2D eigenvalue weighted by Crippen LogP contribution is 2.30. The smallest absolute Gasteiger partial charge is 0.416 e. The minimum absolute atomic E-state index is 0.00526. The van der Waals surface area contributed by atoms with Crippen molar-refractivity contribution in [3.8, 4) is 5.75 Å². The number of alkyl halides is 3. The lowest BCUT2D eigenvalue weighted by Gasteiger charge is -2.29. The summed E-state index contributed by atoms with van der Waals surface area (Å²) in [5.41, 5.74) is -0.696. The van der Waals surface area contributed by atoms with Gasteiger partial charge in [-0.1, -0.05) is 0 Å². The number of hydrogen-bond acceptors (Lipinski definition) is 3. The molecule has 0 bridgehead atoms. The predicted octanol–water partition coefficient (Wildman–Crippen LogP) is 3.12. The van der Waals surface area contributed by atoms with Gasteiger partial charge in [0.1, 0.15) is 5.75 Å². The van der Waals surface area contributed by atoms with Gasteiger partial charge in [-0.05, 0) is 43.0 Å². The van der Waals surface area contributed by atoms with Gasteiger partial charge in [0.15, 0.2) is 0 Å². The number of aliphatic hydroxyl groups is 1. The third kappa shape index (κ3) is 4.61. The molecule has 0 radical (unpaired) electrons. The highest BCUT2D eigenvalue weighted by Gasteiger charge is 2.30. The van der Waals surface area contributed by atoms with E-state index >= 15 is 0 Å². The fourth-order valence-electron chi connectivity index (χ4n) is 2.47. The Balaban J connectivity index is 1.89. The van der Waals surface area contributed by atoms with Crippen LogP contribution in [-0.2, 0) is 10.9 Å². The lowest BCUT2D eigenvalue weighted by atomic mass is 9.87. The highest BCUT2D eigenvalue weighted by atomic mass is 19.4. The molecule has 1 aliphatic heterocycles. The zero-order chi connectivity index (χ0) is 15.3. The van der Waals surface area contributed by atoms with Crippen LogP contribution >= 0.6 is 0 Å². The van der Waals surface area contributed by atoms with Gasteiger partial charge in [0.05, 0.1) is 12.2 Å². The van der Waals surface area contributed by atoms with Crippen LogP contribution in [-0.4, -0.2) is 31.5 Å². The molecule has 3 nitrogen and oxygen atoms in total. The molecule has 1 aromatic carbocycles. The molecule has 1 heterocycles. The molecule has 1 unspecified atom stereocenters. The first-order valence-electron chi connectivity index (χ1n) is 6.99. The number of aliphatic hydroxyl groups excluding tert-OH is 1. The lowest BCUT2D eigenvalue weighted by Crippen LogP contribution is -2.30. The van der Waals surface area contributed by atoms with Crippen molar-refractivity contribution in [2.45, 2.75) is 19.0 Å². The zero-order valence-corrected chi connectivity index (χ0v) is 11.6. The standard InChI is InChI=1S/C15H19F3O3/c16-15(17,18)13-1-3-14(4-2-13)21-10-12(9-19)11-5-7-20-8-6-11/h1-4,11-12,19H,5-10H2. The van der Waals surface area contributed by atoms with Gasteiger partial charge < -0.3 is 14.6 Å². The molecule has 0 saturated carbocycles. The Morgan fingerprint density at radius 1 is 1.19 bits per heavy atom. The van der Waals surface area contributed by atoms with E-state index in [1.165, 1.54) is 12.1 Å². The molecule has 118 valence electrons. The van der Waals surface area contributed by atoms with Crippen molar-refractivity contribution >= 4 is 0 Å². The average molecular weight is 304 g/mol. The number of ether oxygens (including phenoxy) is 2. The van der Waals surface area contributed by atoms with Gasteiger partial charge in [0, 0.05) is 25.7 Å². The SMILES string of the molecule is OCC(COc1ccc(C(F)(F)F)cc1)C1CCOCC1. The van der Waals surface area contributed by atoms with E-state index in [1.54, 1.807) is 0 Å². The zero-order valence-electron chi connectivity index (χ0n) is 11.6. The van der Waals surface area contributed by atoms with E-state index in [-0.39, 0.29) is 12.5 Å². The average Bonchev–Trinajstić information content (AvgIpc) is 2.48. The van der Waals surface area contributed by atoms with E-state index < -0.39 is 11.7 Å². The molecule has 1 aromatic rings. The molecular weight excluding hydrogens is 285 g/mol. The third-order valence-corrected chi connectivity index (χ3v) is 3.81. The van der Waals surface area contributed by atoms with Gasteiger partial charge in [-0.3, -0.25) is 0 Å². The maximum absolute atomic E-state index is 12.4. The first-order valence-corrected chi connectivity index (χ1v) is 6.99. The Morgan fingerprint density at radius 2 is 1.81 bits per heavy atom. The number of benzene rings is 1. The molecule has 1 N–H and O–H groups in total. The summed E-state index contributed by atoms with van der Waals surface area (Å²) in [5, 5.41) is 9.44. The van der Waals surface area contributed by atoms with Gasteiger partial charge in [0.2, 0.25) is 0 Å². The van der Waals surface area contributed by atoms with Crippen LogP contribution in [0.15, 0.2) is 24.3 Å². The van der Waals surface area contributed by atoms with Crippen LogP contribution in [0.1, 0.15) is 18.4 Å². The van der Waals surface area contributed by atoms with E-state index in [0.717, 1.165) is 25.0 Å². The van der Waals surface area contributed by atoms with Crippen molar-refractivity contribution < 1.29 is 27.8 Å². The second-order valence-electron chi connectivity index (χ2n) is 5.23. The molecule has 1 aliphatic rings. The molecule has 0 aromatic heterocycles. The van der Waals surface area contributed by atoms with E-state index in [1.807, 2.05) is 0 Å². The van der Waals surface area contributed by atoms with Crippen LogP contribution in [0.25, 0.3) is 0 Å². The second-order valence-corrected chi connectivity index (χ2v) is 5.23. The predicted molar refractivity (Wildman–Crippen MR) is 71.1 cm³/mol. The molecule has 21 heavy (non-hydrogen) atoms. The summed E-state index contributed by atoms with van der Waals surface area (Å²) in [7, 11) is 0. The molecule has 1 fully saturated rings. The molecule has 0 spiro atoms. The largest absolute Gasteiger partial charge is 0.493 e. The van der Waals surface area contributed by atoms with E-state index in [4.69, 9.17) is 9.47 Å². The summed E-state index contributed by atoms with van der Waals surface area (Å²) in [6.45, 7) is 1.67. The van der Waals surface area contributed by atoms with Crippen LogP contribution in [0.3, 0.4) is 0 Å². The van der Waals surface area contributed by atoms with E-state index in [2.05, 4.69) is 0 Å². The van der Waals surface area contributed by atoms with E-state index in [0.29, 0.717) is 31.5 Å². The topological polar surface area (TPSA) is 38.7 Å². The van der Waals surface area contributed by atoms with Crippen LogP contribution in [0.4, 0.5) is 13.2 Å². The van der Waals surface area contributed by atoms with Crippen molar-refractivity contribution in [1.29, 1.82) is 0 Å². The Kier molecular flexibility index (Phi) is 5.47. The maximum atomic E-state index is 12.4. The molecule has 0 amide bonds. The molecular formula is C15H19F3O3. The van der Waals surface area contributed by atoms with Crippen molar-refractivity contribution in [2.75, 3.05) is 26.4 Å². The monoisotopic (exact) mass is 304 g/mol. The fourth-order valence-corrected chi connectivity index (χ4v) is 2.47. The highest BCUT2D eigenvalue weighted by molar-refractivity contribution is 5.28.